The third-order valence-corrected chi connectivity index (χ3v) is 5.75. The van der Waals surface area contributed by atoms with E-state index in [1.54, 1.807) is 24.3 Å². The Bertz CT molecular complexity index is 1150. The van der Waals surface area contributed by atoms with E-state index in [1.807, 2.05) is 0 Å². The molecule has 1 aliphatic heterocycles. The Balaban J connectivity index is 1.28. The van der Waals surface area contributed by atoms with Gasteiger partial charge in [0.15, 0.2) is 0 Å². The number of rotatable bonds is 8. The Morgan fingerprint density at radius 2 is 1.68 bits per heavy atom. The molecule has 0 atom stereocenters. The third kappa shape index (κ3) is 6.21. The van der Waals surface area contributed by atoms with E-state index in [0.29, 0.717) is 23.7 Å². The summed E-state index contributed by atoms with van der Waals surface area (Å²) in [7, 11) is 0. The summed E-state index contributed by atoms with van der Waals surface area (Å²) < 4.78 is 0. The molecule has 176 valence electrons. The first-order valence-electron chi connectivity index (χ1n) is 11.0. The summed E-state index contributed by atoms with van der Waals surface area (Å²) in [6.45, 7) is 3.72. The Kier molecular flexibility index (Phi) is 7.56. The molecule has 2 aromatic carbocycles. The highest BCUT2D eigenvalue weighted by Gasteiger charge is 2.13. The van der Waals surface area contributed by atoms with Crippen LogP contribution in [0.2, 0.25) is 5.02 Å². The fourth-order valence-electron chi connectivity index (χ4n) is 3.61. The van der Waals surface area contributed by atoms with Gasteiger partial charge in [-0.1, -0.05) is 11.6 Å². The number of carbonyl (C=O) groups excluding carboxylic acids is 2. The van der Waals surface area contributed by atoms with Crippen molar-refractivity contribution in [2.75, 3.05) is 36.8 Å². The SMILES string of the molecule is O=C(NCCN1CCCC1)c1ccc(Nc2ncc(NC(=O)c3cc(O)ccc3Cl)cn2)cc1. The molecule has 3 aromatic rings. The number of amides is 2. The van der Waals surface area contributed by atoms with E-state index in [1.165, 1.54) is 43.4 Å². The summed E-state index contributed by atoms with van der Waals surface area (Å²) in [4.78, 5) is 35.4. The molecule has 0 radical (unpaired) electrons. The van der Waals surface area contributed by atoms with E-state index >= 15 is 0 Å². The third-order valence-electron chi connectivity index (χ3n) is 5.42. The highest BCUT2D eigenvalue weighted by atomic mass is 35.5. The normalized spacial score (nSPS) is 13.4. The molecule has 2 heterocycles. The van der Waals surface area contributed by atoms with Crippen molar-refractivity contribution in [2.45, 2.75) is 12.8 Å². The Morgan fingerprint density at radius 1 is 0.971 bits per heavy atom. The summed E-state index contributed by atoms with van der Waals surface area (Å²) in [5.74, 6) is -0.319. The molecule has 34 heavy (non-hydrogen) atoms. The smallest absolute Gasteiger partial charge is 0.257 e. The van der Waals surface area contributed by atoms with Crippen molar-refractivity contribution in [2.24, 2.45) is 0 Å². The fourth-order valence-corrected chi connectivity index (χ4v) is 3.82. The molecule has 1 aromatic heterocycles. The molecule has 2 amide bonds. The molecule has 1 fully saturated rings. The number of aromatic hydroxyl groups is 1. The van der Waals surface area contributed by atoms with Gasteiger partial charge in [0, 0.05) is 24.3 Å². The predicted octanol–water partition coefficient (Wildman–Crippen LogP) is 3.66. The van der Waals surface area contributed by atoms with E-state index in [-0.39, 0.29) is 22.2 Å². The van der Waals surface area contributed by atoms with Gasteiger partial charge in [-0.05, 0) is 68.4 Å². The molecule has 4 rings (SSSR count). The topological polar surface area (TPSA) is 119 Å². The van der Waals surface area contributed by atoms with Crippen LogP contribution in [0.4, 0.5) is 17.3 Å². The standard InChI is InChI=1S/C24H25ClN6O3/c25-21-8-7-19(32)13-20(21)23(34)29-18-14-27-24(28-15-18)30-17-5-3-16(4-6-17)22(33)26-9-12-31-10-1-2-11-31/h3-8,13-15,32H,1-2,9-12H2,(H,26,33)(H,29,34)(H,27,28,30). The second-order valence-electron chi connectivity index (χ2n) is 7.92. The number of phenolic OH excluding ortho intramolecular Hbond substituents is 1. The van der Waals surface area contributed by atoms with Crippen LogP contribution in [0, 0.1) is 0 Å². The van der Waals surface area contributed by atoms with E-state index in [2.05, 4.69) is 30.8 Å². The first-order chi connectivity index (χ1) is 16.5. The zero-order valence-electron chi connectivity index (χ0n) is 18.4. The average molecular weight is 481 g/mol. The molecular weight excluding hydrogens is 456 g/mol. The Morgan fingerprint density at radius 3 is 2.38 bits per heavy atom. The lowest BCUT2D eigenvalue weighted by atomic mass is 10.2. The quantitative estimate of drug-likeness (QED) is 0.388. The van der Waals surface area contributed by atoms with Gasteiger partial charge in [-0.2, -0.15) is 0 Å². The highest BCUT2D eigenvalue weighted by Crippen LogP contribution is 2.22. The molecule has 1 saturated heterocycles. The maximum absolute atomic E-state index is 12.4. The molecule has 9 nitrogen and oxygen atoms in total. The zero-order valence-corrected chi connectivity index (χ0v) is 19.2. The average Bonchev–Trinajstić information content (AvgIpc) is 3.36. The minimum Gasteiger partial charge on any atom is -0.508 e. The molecule has 0 unspecified atom stereocenters. The minimum atomic E-state index is -0.487. The lowest BCUT2D eigenvalue weighted by molar-refractivity contribution is 0.0949. The summed E-state index contributed by atoms with van der Waals surface area (Å²) in [5, 5.41) is 18.4. The number of halogens is 1. The van der Waals surface area contributed by atoms with Crippen LogP contribution in [0.15, 0.2) is 54.9 Å². The largest absolute Gasteiger partial charge is 0.508 e. The van der Waals surface area contributed by atoms with Gasteiger partial charge in [0.1, 0.15) is 5.75 Å². The monoisotopic (exact) mass is 480 g/mol. The van der Waals surface area contributed by atoms with Crippen molar-refractivity contribution < 1.29 is 14.7 Å². The lowest BCUT2D eigenvalue weighted by Gasteiger charge is -2.14. The summed E-state index contributed by atoms with van der Waals surface area (Å²) >= 11 is 6.02. The molecular formula is C24H25ClN6O3. The number of anilines is 3. The van der Waals surface area contributed by atoms with Gasteiger partial charge in [-0.25, -0.2) is 9.97 Å². The fraction of sp³-hybridized carbons (Fsp3) is 0.250. The number of phenols is 1. The van der Waals surface area contributed by atoms with Crippen LogP contribution in [0.3, 0.4) is 0 Å². The van der Waals surface area contributed by atoms with E-state index in [4.69, 9.17) is 11.6 Å². The maximum Gasteiger partial charge on any atom is 0.257 e. The van der Waals surface area contributed by atoms with Crippen LogP contribution in [0.1, 0.15) is 33.6 Å². The number of hydrogen-bond donors (Lipinski definition) is 4. The lowest BCUT2D eigenvalue weighted by Crippen LogP contribution is -2.33. The van der Waals surface area contributed by atoms with Gasteiger partial charge in [0.2, 0.25) is 5.95 Å². The van der Waals surface area contributed by atoms with Crippen molar-refractivity contribution in [3.05, 3.63) is 71.0 Å². The van der Waals surface area contributed by atoms with Gasteiger partial charge in [-0.15, -0.1) is 0 Å². The van der Waals surface area contributed by atoms with E-state index in [0.717, 1.165) is 25.3 Å². The van der Waals surface area contributed by atoms with Crippen LogP contribution >= 0.6 is 11.6 Å². The molecule has 0 saturated carbocycles. The number of carbonyl (C=O) groups is 2. The van der Waals surface area contributed by atoms with Gasteiger partial charge in [-0.3, -0.25) is 9.59 Å². The van der Waals surface area contributed by atoms with E-state index < -0.39 is 5.91 Å². The van der Waals surface area contributed by atoms with Crippen LogP contribution in [-0.4, -0.2) is 58.0 Å². The number of aromatic nitrogens is 2. The first kappa shape index (κ1) is 23.5. The van der Waals surface area contributed by atoms with Crippen molar-refractivity contribution in [1.29, 1.82) is 0 Å². The summed E-state index contributed by atoms with van der Waals surface area (Å²) in [6.07, 6.45) is 5.37. The predicted molar refractivity (Wildman–Crippen MR) is 131 cm³/mol. The van der Waals surface area contributed by atoms with Crippen molar-refractivity contribution in [1.82, 2.24) is 20.2 Å². The molecule has 0 bridgehead atoms. The van der Waals surface area contributed by atoms with Gasteiger partial charge >= 0.3 is 0 Å². The van der Waals surface area contributed by atoms with Crippen LogP contribution in [-0.2, 0) is 0 Å². The van der Waals surface area contributed by atoms with Crippen molar-refractivity contribution in [3.8, 4) is 5.75 Å². The van der Waals surface area contributed by atoms with Crippen molar-refractivity contribution >= 4 is 40.7 Å². The number of nitrogens with one attached hydrogen (secondary N) is 3. The van der Waals surface area contributed by atoms with Crippen LogP contribution in [0.5, 0.6) is 5.75 Å². The highest BCUT2D eigenvalue weighted by molar-refractivity contribution is 6.34. The second-order valence-corrected chi connectivity index (χ2v) is 8.33. The van der Waals surface area contributed by atoms with Gasteiger partial charge in [0.05, 0.1) is 28.7 Å². The summed E-state index contributed by atoms with van der Waals surface area (Å²) in [5.41, 5.74) is 1.81. The molecule has 10 heteroatoms. The Labute approximate surface area is 202 Å². The number of hydrogen-bond acceptors (Lipinski definition) is 7. The molecule has 0 aliphatic carbocycles. The van der Waals surface area contributed by atoms with E-state index in [9.17, 15) is 14.7 Å². The maximum atomic E-state index is 12.4. The second kappa shape index (κ2) is 11.0. The molecule has 1 aliphatic rings. The first-order valence-corrected chi connectivity index (χ1v) is 11.4. The number of likely N-dealkylation sites (tertiary alicyclic amines) is 1. The van der Waals surface area contributed by atoms with Crippen LogP contribution < -0.4 is 16.0 Å². The van der Waals surface area contributed by atoms with Crippen LogP contribution in [0.25, 0.3) is 0 Å². The van der Waals surface area contributed by atoms with Gasteiger partial charge in [0.25, 0.3) is 11.8 Å². The molecule has 0 spiro atoms. The summed E-state index contributed by atoms with van der Waals surface area (Å²) in [6, 6.07) is 11.2. The minimum absolute atomic E-state index is 0.0593. The number of benzene rings is 2. The Hall–Kier alpha value is -3.69. The zero-order chi connectivity index (χ0) is 23.9. The van der Waals surface area contributed by atoms with Gasteiger partial charge < -0.3 is 26.0 Å². The van der Waals surface area contributed by atoms with Crippen molar-refractivity contribution in [3.63, 3.8) is 0 Å². The molecule has 4 N–H and O–H groups in total. The number of nitrogens with zero attached hydrogens (tertiary/aromatic N) is 3.